The maximum atomic E-state index is 13.8. The first-order chi connectivity index (χ1) is 9.96. The van der Waals surface area contributed by atoms with E-state index in [1.165, 1.54) is 20.3 Å². The Hall–Kier alpha value is -2.08. The summed E-state index contributed by atoms with van der Waals surface area (Å²) < 4.78 is 23.6. The van der Waals surface area contributed by atoms with Gasteiger partial charge in [0.2, 0.25) is 0 Å². The molecule has 21 heavy (non-hydrogen) atoms. The second-order valence-electron chi connectivity index (χ2n) is 5.11. The summed E-state index contributed by atoms with van der Waals surface area (Å²) in [5.41, 5.74) is 2.32. The van der Waals surface area contributed by atoms with Crippen molar-refractivity contribution in [3.05, 3.63) is 29.2 Å². The molecule has 0 amide bonds. The van der Waals surface area contributed by atoms with Crippen LogP contribution in [-0.4, -0.2) is 44.2 Å². The summed E-state index contributed by atoms with van der Waals surface area (Å²) in [5.74, 6) is -0.615. The summed E-state index contributed by atoms with van der Waals surface area (Å²) in [5, 5.41) is 0.774. The minimum absolute atomic E-state index is 0.133. The van der Waals surface area contributed by atoms with Crippen molar-refractivity contribution in [1.82, 2.24) is 9.88 Å². The molecule has 1 heterocycles. The lowest BCUT2D eigenvalue weighted by Gasteiger charge is -2.10. The van der Waals surface area contributed by atoms with Crippen LogP contribution in [0.2, 0.25) is 0 Å². The Morgan fingerprint density at radius 1 is 1.33 bits per heavy atom. The highest BCUT2D eigenvalue weighted by atomic mass is 19.1. The van der Waals surface area contributed by atoms with Crippen LogP contribution in [0.3, 0.4) is 0 Å². The van der Waals surface area contributed by atoms with Crippen molar-refractivity contribution < 1.29 is 18.7 Å². The van der Waals surface area contributed by atoms with E-state index in [0.717, 1.165) is 16.6 Å². The Bertz CT molecular complexity index is 664. The fraction of sp³-hybridized carbons (Fsp3) is 0.400. The van der Waals surface area contributed by atoms with Crippen LogP contribution in [0.4, 0.5) is 4.39 Å². The molecule has 2 rings (SSSR count). The molecule has 0 bridgehead atoms. The van der Waals surface area contributed by atoms with Crippen LogP contribution in [0.1, 0.15) is 11.3 Å². The third-order valence-electron chi connectivity index (χ3n) is 3.29. The summed E-state index contributed by atoms with van der Waals surface area (Å²) in [6, 6.07) is 2.99. The molecule has 0 aliphatic carbocycles. The molecule has 1 aromatic heterocycles. The number of nitrogens with one attached hydrogen (secondary N) is 1. The molecule has 5 nitrogen and oxygen atoms in total. The minimum atomic E-state index is -0.438. The third kappa shape index (κ3) is 3.16. The van der Waals surface area contributed by atoms with Gasteiger partial charge in [0, 0.05) is 29.2 Å². The van der Waals surface area contributed by atoms with Crippen molar-refractivity contribution in [1.29, 1.82) is 0 Å². The first-order valence-corrected chi connectivity index (χ1v) is 6.54. The molecule has 0 spiro atoms. The van der Waals surface area contributed by atoms with Gasteiger partial charge < -0.3 is 19.4 Å². The number of aromatic nitrogens is 1. The van der Waals surface area contributed by atoms with Crippen LogP contribution in [0, 0.1) is 5.82 Å². The van der Waals surface area contributed by atoms with E-state index in [1.807, 2.05) is 19.0 Å². The second kappa shape index (κ2) is 6.13. The fourth-order valence-electron chi connectivity index (χ4n) is 2.33. The molecule has 1 aromatic carbocycles. The van der Waals surface area contributed by atoms with Gasteiger partial charge in [-0.25, -0.2) is 4.39 Å². The maximum absolute atomic E-state index is 13.8. The molecular weight excluding hydrogens is 275 g/mol. The van der Waals surface area contributed by atoms with E-state index < -0.39 is 5.82 Å². The summed E-state index contributed by atoms with van der Waals surface area (Å²) in [6.45, 7) is 0.616. The van der Waals surface area contributed by atoms with Gasteiger partial charge in [-0.15, -0.1) is 0 Å². The number of esters is 1. The number of nitrogens with zero attached hydrogens (tertiary/aromatic N) is 1. The Labute approximate surface area is 122 Å². The molecule has 0 aliphatic heterocycles. The maximum Gasteiger partial charge on any atom is 0.310 e. The lowest BCUT2D eigenvalue weighted by Crippen LogP contribution is -2.14. The van der Waals surface area contributed by atoms with Crippen LogP contribution >= 0.6 is 0 Å². The normalized spacial score (nSPS) is 11.1. The number of benzene rings is 1. The molecule has 2 aromatic rings. The van der Waals surface area contributed by atoms with E-state index in [2.05, 4.69) is 4.98 Å². The van der Waals surface area contributed by atoms with Crippen LogP contribution in [-0.2, 0) is 22.5 Å². The largest absolute Gasteiger partial charge is 0.494 e. The smallest absolute Gasteiger partial charge is 0.310 e. The van der Waals surface area contributed by atoms with E-state index in [4.69, 9.17) is 9.47 Å². The molecule has 0 saturated carbocycles. The van der Waals surface area contributed by atoms with E-state index in [0.29, 0.717) is 12.1 Å². The van der Waals surface area contributed by atoms with Crippen LogP contribution in [0.25, 0.3) is 10.9 Å². The summed E-state index contributed by atoms with van der Waals surface area (Å²) in [6.07, 6.45) is 0.133. The molecule has 6 heteroatoms. The number of hydrogen-bond donors (Lipinski definition) is 1. The van der Waals surface area contributed by atoms with Gasteiger partial charge in [-0.3, -0.25) is 4.79 Å². The Morgan fingerprint density at radius 2 is 2.05 bits per heavy atom. The van der Waals surface area contributed by atoms with Crippen molar-refractivity contribution in [2.45, 2.75) is 13.0 Å². The van der Waals surface area contributed by atoms with Crippen molar-refractivity contribution in [2.24, 2.45) is 0 Å². The number of rotatable bonds is 5. The molecule has 0 fully saturated rings. The summed E-state index contributed by atoms with van der Waals surface area (Å²) in [7, 11) is 6.61. The Morgan fingerprint density at radius 3 is 2.62 bits per heavy atom. The highest BCUT2D eigenvalue weighted by Gasteiger charge is 2.18. The highest BCUT2D eigenvalue weighted by molar-refractivity contribution is 5.89. The quantitative estimate of drug-likeness (QED) is 0.858. The van der Waals surface area contributed by atoms with Crippen molar-refractivity contribution >= 4 is 16.9 Å². The van der Waals surface area contributed by atoms with Crippen LogP contribution < -0.4 is 4.74 Å². The van der Waals surface area contributed by atoms with Gasteiger partial charge in [0.15, 0.2) is 11.6 Å². The van der Waals surface area contributed by atoms with E-state index in [9.17, 15) is 9.18 Å². The van der Waals surface area contributed by atoms with Gasteiger partial charge in [-0.1, -0.05) is 0 Å². The molecular formula is C15H19FN2O3. The second-order valence-corrected chi connectivity index (χ2v) is 5.11. The minimum Gasteiger partial charge on any atom is -0.494 e. The number of methoxy groups -OCH3 is 2. The van der Waals surface area contributed by atoms with Gasteiger partial charge in [-0.2, -0.15) is 0 Å². The number of ether oxygens (including phenoxy) is 2. The zero-order chi connectivity index (χ0) is 15.6. The lowest BCUT2D eigenvalue weighted by atomic mass is 10.1. The molecule has 0 unspecified atom stereocenters. The molecule has 0 saturated heterocycles. The third-order valence-corrected chi connectivity index (χ3v) is 3.29. The highest BCUT2D eigenvalue weighted by Crippen LogP contribution is 2.30. The number of fused-ring (bicyclic) bond motifs is 1. The topological polar surface area (TPSA) is 54.6 Å². The van der Waals surface area contributed by atoms with Crippen LogP contribution in [0.15, 0.2) is 12.1 Å². The molecule has 0 aliphatic rings. The number of carbonyl (C=O) groups excluding carboxylic acids is 1. The summed E-state index contributed by atoms with van der Waals surface area (Å²) in [4.78, 5) is 16.8. The van der Waals surface area contributed by atoms with E-state index >= 15 is 0 Å². The first kappa shape index (κ1) is 15.3. The Kier molecular flexibility index (Phi) is 4.47. The number of H-pyrrole nitrogens is 1. The number of halogens is 1. The molecule has 0 radical (unpaired) electrons. The Balaban J connectivity index is 2.59. The predicted octanol–water partition coefficient (Wildman–Crippen LogP) is 2.09. The SMILES string of the molecule is COC(=O)Cc1c(CN(C)C)[nH]c2cc(F)c(OC)cc12. The zero-order valence-corrected chi connectivity index (χ0v) is 12.6. The monoisotopic (exact) mass is 294 g/mol. The van der Waals surface area contributed by atoms with Crippen molar-refractivity contribution in [3.8, 4) is 5.75 Å². The van der Waals surface area contributed by atoms with E-state index in [-0.39, 0.29) is 18.1 Å². The molecule has 1 N–H and O–H groups in total. The van der Waals surface area contributed by atoms with Gasteiger partial charge in [0.1, 0.15) is 0 Å². The van der Waals surface area contributed by atoms with Crippen LogP contribution in [0.5, 0.6) is 5.75 Å². The first-order valence-electron chi connectivity index (χ1n) is 6.54. The van der Waals surface area contributed by atoms with Gasteiger partial charge >= 0.3 is 5.97 Å². The van der Waals surface area contributed by atoms with Gasteiger partial charge in [0.25, 0.3) is 0 Å². The van der Waals surface area contributed by atoms with Crippen molar-refractivity contribution in [3.63, 3.8) is 0 Å². The summed E-state index contributed by atoms with van der Waals surface area (Å²) >= 11 is 0. The fourth-order valence-corrected chi connectivity index (χ4v) is 2.33. The van der Waals surface area contributed by atoms with Gasteiger partial charge in [-0.05, 0) is 25.7 Å². The standard InChI is InChI=1S/C15H19FN2O3/c1-18(2)8-13-10(6-15(19)21-4)9-5-14(20-3)11(16)7-12(9)17-13/h5,7,17H,6,8H2,1-4H3. The number of aromatic amines is 1. The molecule has 114 valence electrons. The number of carbonyl (C=O) groups is 1. The average Bonchev–Trinajstić information content (AvgIpc) is 2.73. The zero-order valence-electron chi connectivity index (χ0n) is 12.6. The number of hydrogen-bond acceptors (Lipinski definition) is 4. The average molecular weight is 294 g/mol. The van der Waals surface area contributed by atoms with Crippen molar-refractivity contribution in [2.75, 3.05) is 28.3 Å². The predicted molar refractivity (Wildman–Crippen MR) is 77.9 cm³/mol. The van der Waals surface area contributed by atoms with E-state index in [1.54, 1.807) is 6.07 Å². The van der Waals surface area contributed by atoms with Gasteiger partial charge in [0.05, 0.1) is 20.6 Å². The molecule has 0 atom stereocenters. The lowest BCUT2D eigenvalue weighted by molar-refractivity contribution is -0.139.